The standard InChI is InChI=1S/C18H21FN2O3S2/c1-13(14-6-8-16(19)9-7-14)20-18(22)15-4-2-10-21(12-15)26(23,24)17-5-3-11-25-17/h3,5-9,11,13,15H,2,4,10,12H2,1H3,(H,20,22)/t13-,15-/m1/s1. The first-order valence-corrected chi connectivity index (χ1v) is 10.8. The third-order valence-electron chi connectivity index (χ3n) is 4.57. The van der Waals surface area contributed by atoms with Crippen LogP contribution in [0.2, 0.25) is 0 Å². The van der Waals surface area contributed by atoms with Crippen molar-refractivity contribution >= 4 is 27.3 Å². The number of amides is 1. The van der Waals surface area contributed by atoms with Gasteiger partial charge in [-0.05, 0) is 48.9 Å². The van der Waals surface area contributed by atoms with Crippen molar-refractivity contribution in [3.63, 3.8) is 0 Å². The van der Waals surface area contributed by atoms with Crippen molar-refractivity contribution in [2.24, 2.45) is 5.92 Å². The second kappa shape index (κ2) is 7.85. The second-order valence-electron chi connectivity index (χ2n) is 6.42. The Kier molecular flexibility index (Phi) is 5.74. The zero-order valence-corrected chi connectivity index (χ0v) is 16.0. The topological polar surface area (TPSA) is 66.5 Å². The summed E-state index contributed by atoms with van der Waals surface area (Å²) in [5.41, 5.74) is 0.804. The van der Waals surface area contributed by atoms with Gasteiger partial charge in [0.05, 0.1) is 12.0 Å². The van der Waals surface area contributed by atoms with Crippen molar-refractivity contribution in [2.45, 2.75) is 30.0 Å². The number of benzene rings is 1. The molecule has 3 rings (SSSR count). The van der Waals surface area contributed by atoms with Gasteiger partial charge in [0.2, 0.25) is 5.91 Å². The number of carbonyl (C=O) groups excluding carboxylic acids is 1. The Labute approximate surface area is 156 Å². The molecule has 0 aliphatic carbocycles. The molecule has 2 aromatic rings. The van der Waals surface area contributed by atoms with Crippen LogP contribution in [-0.2, 0) is 14.8 Å². The molecule has 5 nitrogen and oxygen atoms in total. The predicted molar refractivity (Wildman–Crippen MR) is 98.8 cm³/mol. The minimum Gasteiger partial charge on any atom is -0.349 e. The van der Waals surface area contributed by atoms with E-state index in [0.29, 0.717) is 23.6 Å². The van der Waals surface area contributed by atoms with E-state index in [1.165, 1.54) is 27.8 Å². The van der Waals surface area contributed by atoms with Crippen LogP contribution in [0.3, 0.4) is 0 Å². The molecule has 1 amide bonds. The van der Waals surface area contributed by atoms with E-state index in [9.17, 15) is 17.6 Å². The van der Waals surface area contributed by atoms with E-state index in [0.717, 1.165) is 5.56 Å². The van der Waals surface area contributed by atoms with Crippen molar-refractivity contribution < 1.29 is 17.6 Å². The largest absolute Gasteiger partial charge is 0.349 e. The zero-order chi connectivity index (χ0) is 18.7. The van der Waals surface area contributed by atoms with E-state index in [1.807, 2.05) is 6.92 Å². The first-order valence-electron chi connectivity index (χ1n) is 8.47. The van der Waals surface area contributed by atoms with E-state index < -0.39 is 10.0 Å². The molecule has 0 spiro atoms. The minimum atomic E-state index is -3.54. The van der Waals surface area contributed by atoms with Crippen molar-refractivity contribution in [2.75, 3.05) is 13.1 Å². The smallest absolute Gasteiger partial charge is 0.252 e. The predicted octanol–water partition coefficient (Wildman–Crippen LogP) is 3.17. The maximum absolute atomic E-state index is 13.0. The Balaban J connectivity index is 1.65. The summed E-state index contributed by atoms with van der Waals surface area (Å²) in [7, 11) is -3.54. The average molecular weight is 397 g/mol. The van der Waals surface area contributed by atoms with E-state index in [4.69, 9.17) is 0 Å². The molecule has 1 aromatic heterocycles. The number of thiophene rings is 1. The number of halogens is 1. The summed E-state index contributed by atoms with van der Waals surface area (Å²) in [5.74, 6) is -0.886. The van der Waals surface area contributed by atoms with Gasteiger partial charge in [-0.1, -0.05) is 18.2 Å². The lowest BCUT2D eigenvalue weighted by molar-refractivity contribution is -0.126. The lowest BCUT2D eigenvalue weighted by Crippen LogP contribution is -2.45. The summed E-state index contributed by atoms with van der Waals surface area (Å²) in [6.45, 7) is 2.44. The van der Waals surface area contributed by atoms with Gasteiger partial charge in [-0.25, -0.2) is 12.8 Å². The molecule has 1 N–H and O–H groups in total. The number of piperidine rings is 1. The summed E-state index contributed by atoms with van der Waals surface area (Å²) < 4.78 is 40.1. The fraction of sp³-hybridized carbons (Fsp3) is 0.389. The number of nitrogens with zero attached hydrogens (tertiary/aromatic N) is 1. The highest BCUT2D eigenvalue weighted by Gasteiger charge is 2.34. The summed E-state index contributed by atoms with van der Waals surface area (Å²) in [5, 5.41) is 4.64. The molecule has 0 bridgehead atoms. The maximum atomic E-state index is 13.0. The monoisotopic (exact) mass is 396 g/mol. The molecule has 0 unspecified atom stereocenters. The maximum Gasteiger partial charge on any atom is 0.252 e. The Morgan fingerprint density at radius 1 is 1.31 bits per heavy atom. The molecule has 8 heteroatoms. The van der Waals surface area contributed by atoms with Crippen LogP contribution in [0.25, 0.3) is 0 Å². The van der Waals surface area contributed by atoms with E-state index in [2.05, 4.69) is 5.32 Å². The van der Waals surface area contributed by atoms with Gasteiger partial charge in [0, 0.05) is 13.1 Å². The second-order valence-corrected chi connectivity index (χ2v) is 9.53. The third-order valence-corrected chi connectivity index (χ3v) is 7.81. The van der Waals surface area contributed by atoms with Crippen molar-refractivity contribution in [1.29, 1.82) is 0 Å². The van der Waals surface area contributed by atoms with Gasteiger partial charge in [-0.15, -0.1) is 11.3 Å². The van der Waals surface area contributed by atoms with Gasteiger partial charge in [-0.2, -0.15) is 4.31 Å². The number of hydrogen-bond acceptors (Lipinski definition) is 4. The highest BCUT2D eigenvalue weighted by molar-refractivity contribution is 7.91. The molecule has 2 atom stereocenters. The Bertz CT molecular complexity index is 851. The molecule has 140 valence electrons. The summed E-state index contributed by atoms with van der Waals surface area (Å²) >= 11 is 1.18. The zero-order valence-electron chi connectivity index (χ0n) is 14.4. The fourth-order valence-corrected chi connectivity index (χ4v) is 5.75. The highest BCUT2D eigenvalue weighted by Crippen LogP contribution is 2.27. The Hall–Kier alpha value is -1.77. The molecule has 1 aromatic carbocycles. The van der Waals surface area contributed by atoms with Crippen molar-refractivity contribution in [1.82, 2.24) is 9.62 Å². The third kappa shape index (κ3) is 4.13. The fourth-order valence-electron chi connectivity index (χ4n) is 3.08. The van der Waals surface area contributed by atoms with Crippen LogP contribution < -0.4 is 5.32 Å². The first kappa shape index (κ1) is 19.0. The lowest BCUT2D eigenvalue weighted by Gasteiger charge is -2.31. The molecular formula is C18H21FN2O3S2. The van der Waals surface area contributed by atoms with Crippen LogP contribution in [0, 0.1) is 11.7 Å². The van der Waals surface area contributed by atoms with Crippen molar-refractivity contribution in [3.05, 3.63) is 53.2 Å². The molecule has 26 heavy (non-hydrogen) atoms. The molecule has 1 aliphatic rings. The van der Waals surface area contributed by atoms with E-state index in [-0.39, 0.29) is 30.2 Å². The quantitative estimate of drug-likeness (QED) is 0.844. The van der Waals surface area contributed by atoms with Gasteiger partial charge in [0.25, 0.3) is 10.0 Å². The van der Waals surface area contributed by atoms with Crippen LogP contribution in [0.4, 0.5) is 4.39 Å². The van der Waals surface area contributed by atoms with Crippen LogP contribution in [0.15, 0.2) is 46.0 Å². The van der Waals surface area contributed by atoms with Crippen LogP contribution >= 0.6 is 11.3 Å². The number of rotatable bonds is 5. The highest BCUT2D eigenvalue weighted by atomic mass is 32.2. The van der Waals surface area contributed by atoms with E-state index >= 15 is 0 Å². The van der Waals surface area contributed by atoms with Crippen LogP contribution in [-0.4, -0.2) is 31.7 Å². The van der Waals surface area contributed by atoms with Gasteiger partial charge in [-0.3, -0.25) is 4.79 Å². The lowest BCUT2D eigenvalue weighted by atomic mass is 9.98. The number of hydrogen-bond donors (Lipinski definition) is 1. The minimum absolute atomic E-state index is 0.173. The number of sulfonamides is 1. The van der Waals surface area contributed by atoms with Crippen LogP contribution in [0.1, 0.15) is 31.4 Å². The van der Waals surface area contributed by atoms with Crippen molar-refractivity contribution in [3.8, 4) is 0 Å². The normalized spacial score (nSPS) is 19.8. The molecule has 1 saturated heterocycles. The Morgan fingerprint density at radius 3 is 2.69 bits per heavy atom. The molecule has 0 radical (unpaired) electrons. The Morgan fingerprint density at radius 2 is 2.04 bits per heavy atom. The van der Waals surface area contributed by atoms with Gasteiger partial charge in [0.1, 0.15) is 10.0 Å². The van der Waals surface area contributed by atoms with Gasteiger partial charge < -0.3 is 5.32 Å². The summed E-state index contributed by atoms with van der Waals surface area (Å²) in [6, 6.07) is 8.99. The number of nitrogens with one attached hydrogen (secondary N) is 1. The molecule has 0 saturated carbocycles. The molecule has 1 fully saturated rings. The first-order chi connectivity index (χ1) is 12.4. The van der Waals surface area contributed by atoms with Crippen LogP contribution in [0.5, 0.6) is 0 Å². The SMILES string of the molecule is C[C@@H](NC(=O)[C@@H]1CCCN(S(=O)(=O)c2cccs2)C1)c1ccc(F)cc1. The number of carbonyl (C=O) groups is 1. The van der Waals surface area contributed by atoms with Gasteiger partial charge in [0.15, 0.2) is 0 Å². The van der Waals surface area contributed by atoms with Gasteiger partial charge >= 0.3 is 0 Å². The summed E-state index contributed by atoms with van der Waals surface area (Å²) in [6.07, 6.45) is 1.30. The average Bonchev–Trinajstić information content (AvgIpc) is 3.18. The molecule has 1 aliphatic heterocycles. The summed E-state index contributed by atoms with van der Waals surface area (Å²) in [4.78, 5) is 12.6. The molecule has 2 heterocycles. The molecular weight excluding hydrogens is 375 g/mol. The van der Waals surface area contributed by atoms with E-state index in [1.54, 1.807) is 29.6 Å².